The third-order valence-electron chi connectivity index (χ3n) is 3.85. The van der Waals surface area contributed by atoms with Gasteiger partial charge in [0.2, 0.25) is 0 Å². The van der Waals surface area contributed by atoms with E-state index in [2.05, 4.69) is 15.3 Å². The Morgan fingerprint density at radius 3 is 2.64 bits per heavy atom. The van der Waals surface area contributed by atoms with Crippen LogP contribution in [0.2, 0.25) is 0 Å². The number of carbonyl (C=O) groups is 1. The van der Waals surface area contributed by atoms with Gasteiger partial charge in [0, 0.05) is 24.7 Å². The number of carboxylic acid groups (broad SMARTS) is 1. The molecule has 0 bridgehead atoms. The van der Waals surface area contributed by atoms with Crippen molar-refractivity contribution in [2.45, 2.75) is 6.42 Å². The molecular weight excluding hydrogens is 318 g/mol. The van der Waals surface area contributed by atoms with E-state index in [0.717, 1.165) is 34.0 Å². The van der Waals surface area contributed by atoms with Gasteiger partial charge >= 0.3 is 6.09 Å². The zero-order chi connectivity index (χ0) is 17.6. The second-order valence-corrected chi connectivity index (χ2v) is 5.52. The van der Waals surface area contributed by atoms with Gasteiger partial charge in [-0.05, 0) is 23.3 Å². The topological polar surface area (TPSA) is 87.2 Å². The van der Waals surface area contributed by atoms with Crippen LogP contribution in [0, 0.1) is 0 Å². The first kappa shape index (κ1) is 16.6. The van der Waals surface area contributed by atoms with Gasteiger partial charge in [0.05, 0.1) is 12.8 Å². The molecule has 0 aliphatic heterocycles. The molecule has 1 aromatic heterocycles. The maximum atomic E-state index is 10.5. The van der Waals surface area contributed by atoms with Crippen molar-refractivity contribution in [1.29, 1.82) is 0 Å². The van der Waals surface area contributed by atoms with E-state index in [1.54, 1.807) is 7.11 Å². The molecule has 0 fully saturated rings. The summed E-state index contributed by atoms with van der Waals surface area (Å²) in [5.41, 5.74) is 4.03. The number of aromatic amines is 1. The van der Waals surface area contributed by atoms with Crippen molar-refractivity contribution in [3.8, 4) is 28.1 Å². The van der Waals surface area contributed by atoms with Crippen molar-refractivity contribution in [1.82, 2.24) is 15.3 Å². The molecule has 3 rings (SSSR count). The summed E-state index contributed by atoms with van der Waals surface area (Å²) in [5, 5.41) is 10.9. The first-order chi connectivity index (χ1) is 12.2. The van der Waals surface area contributed by atoms with E-state index in [4.69, 9.17) is 9.84 Å². The van der Waals surface area contributed by atoms with Gasteiger partial charge in [0.25, 0.3) is 0 Å². The lowest BCUT2D eigenvalue weighted by Gasteiger charge is -2.05. The molecule has 25 heavy (non-hydrogen) atoms. The molecule has 2 aromatic carbocycles. The summed E-state index contributed by atoms with van der Waals surface area (Å²) in [6.45, 7) is 0.330. The highest BCUT2D eigenvalue weighted by atomic mass is 16.5. The number of rotatable bonds is 6. The lowest BCUT2D eigenvalue weighted by atomic mass is 10.0. The van der Waals surface area contributed by atoms with Gasteiger partial charge in [-0.3, -0.25) is 0 Å². The SMILES string of the molecule is COc1cccc(-c2ccc(-c3c[nH]c(CCNC(=O)O)n3)cc2)c1. The maximum absolute atomic E-state index is 10.5. The molecule has 6 heteroatoms. The van der Waals surface area contributed by atoms with Crippen LogP contribution < -0.4 is 10.1 Å². The molecule has 0 aliphatic rings. The van der Waals surface area contributed by atoms with Crippen LogP contribution in [0.4, 0.5) is 4.79 Å². The molecule has 0 atom stereocenters. The van der Waals surface area contributed by atoms with Crippen molar-refractivity contribution in [3.05, 3.63) is 60.6 Å². The summed E-state index contributed by atoms with van der Waals surface area (Å²) in [6.07, 6.45) is 1.32. The number of nitrogens with one attached hydrogen (secondary N) is 2. The molecule has 0 saturated carbocycles. The molecule has 0 unspecified atom stereocenters. The first-order valence-electron chi connectivity index (χ1n) is 7.91. The molecular formula is C19H19N3O3. The normalized spacial score (nSPS) is 10.4. The van der Waals surface area contributed by atoms with Gasteiger partial charge in [0.1, 0.15) is 11.6 Å². The van der Waals surface area contributed by atoms with E-state index < -0.39 is 6.09 Å². The third kappa shape index (κ3) is 4.17. The number of aromatic nitrogens is 2. The number of methoxy groups -OCH3 is 1. The molecule has 0 radical (unpaired) electrons. The molecule has 0 saturated heterocycles. The van der Waals surface area contributed by atoms with Crippen LogP contribution in [0.15, 0.2) is 54.7 Å². The molecule has 3 aromatic rings. The van der Waals surface area contributed by atoms with Crippen LogP contribution in [0.1, 0.15) is 5.82 Å². The molecule has 1 amide bonds. The Kier molecular flexibility index (Phi) is 4.99. The Labute approximate surface area is 145 Å². The number of imidazole rings is 1. The van der Waals surface area contributed by atoms with Gasteiger partial charge in [-0.25, -0.2) is 9.78 Å². The van der Waals surface area contributed by atoms with Crippen molar-refractivity contribution in [2.75, 3.05) is 13.7 Å². The van der Waals surface area contributed by atoms with Crippen molar-refractivity contribution in [3.63, 3.8) is 0 Å². The maximum Gasteiger partial charge on any atom is 0.404 e. The van der Waals surface area contributed by atoms with E-state index in [1.807, 2.05) is 54.7 Å². The van der Waals surface area contributed by atoms with Crippen LogP contribution in [0.25, 0.3) is 22.4 Å². The zero-order valence-corrected chi connectivity index (χ0v) is 13.8. The Bertz CT molecular complexity index is 856. The summed E-state index contributed by atoms with van der Waals surface area (Å²) in [7, 11) is 1.66. The average molecular weight is 337 g/mol. The standard InChI is InChI=1S/C19H19N3O3/c1-25-16-4-2-3-15(11-16)13-5-7-14(8-6-13)17-12-21-18(22-17)9-10-20-19(23)24/h2-8,11-12,20H,9-10H2,1H3,(H,21,22)(H,23,24). The quantitative estimate of drug-likeness (QED) is 0.642. The molecule has 128 valence electrons. The third-order valence-corrected chi connectivity index (χ3v) is 3.85. The highest BCUT2D eigenvalue weighted by molar-refractivity contribution is 5.69. The van der Waals surface area contributed by atoms with Gasteiger partial charge in [-0.2, -0.15) is 0 Å². The average Bonchev–Trinajstić information content (AvgIpc) is 3.10. The van der Waals surface area contributed by atoms with Gasteiger partial charge in [-0.15, -0.1) is 0 Å². The zero-order valence-electron chi connectivity index (χ0n) is 13.8. The van der Waals surface area contributed by atoms with Crippen molar-refractivity contribution >= 4 is 6.09 Å². The number of ether oxygens (including phenoxy) is 1. The summed E-state index contributed by atoms with van der Waals surface area (Å²) in [6, 6.07) is 16.1. The van der Waals surface area contributed by atoms with Crippen LogP contribution in [-0.2, 0) is 6.42 Å². The summed E-state index contributed by atoms with van der Waals surface area (Å²) in [5.74, 6) is 1.58. The minimum absolute atomic E-state index is 0.330. The van der Waals surface area contributed by atoms with Gasteiger partial charge < -0.3 is 20.1 Å². The second kappa shape index (κ2) is 7.53. The second-order valence-electron chi connectivity index (χ2n) is 5.52. The summed E-state index contributed by atoms with van der Waals surface area (Å²) in [4.78, 5) is 18.0. The Hall–Kier alpha value is -3.28. The van der Waals surface area contributed by atoms with Gasteiger partial charge in [0.15, 0.2) is 0 Å². The fourth-order valence-corrected chi connectivity index (χ4v) is 2.56. The van der Waals surface area contributed by atoms with Crippen LogP contribution in [0.3, 0.4) is 0 Å². The van der Waals surface area contributed by atoms with E-state index in [-0.39, 0.29) is 0 Å². The fourth-order valence-electron chi connectivity index (χ4n) is 2.56. The predicted octanol–water partition coefficient (Wildman–Crippen LogP) is 3.56. The number of hydrogen-bond acceptors (Lipinski definition) is 3. The minimum atomic E-state index is -1.03. The number of benzene rings is 2. The molecule has 6 nitrogen and oxygen atoms in total. The minimum Gasteiger partial charge on any atom is -0.497 e. The Morgan fingerprint density at radius 1 is 1.16 bits per heavy atom. The highest BCUT2D eigenvalue weighted by Gasteiger charge is 2.06. The Balaban J connectivity index is 1.72. The van der Waals surface area contributed by atoms with Crippen LogP contribution >= 0.6 is 0 Å². The fraction of sp³-hybridized carbons (Fsp3) is 0.158. The monoisotopic (exact) mass is 337 g/mol. The van der Waals surface area contributed by atoms with Crippen molar-refractivity contribution < 1.29 is 14.6 Å². The van der Waals surface area contributed by atoms with E-state index >= 15 is 0 Å². The first-order valence-corrected chi connectivity index (χ1v) is 7.91. The molecule has 0 aliphatic carbocycles. The Morgan fingerprint density at radius 2 is 1.92 bits per heavy atom. The largest absolute Gasteiger partial charge is 0.497 e. The lowest BCUT2D eigenvalue weighted by Crippen LogP contribution is -2.23. The molecule has 0 spiro atoms. The molecule has 3 N–H and O–H groups in total. The van der Waals surface area contributed by atoms with E-state index in [9.17, 15) is 4.79 Å². The van der Waals surface area contributed by atoms with E-state index in [1.165, 1.54) is 0 Å². The summed E-state index contributed by atoms with van der Waals surface area (Å²) < 4.78 is 5.26. The number of amides is 1. The number of hydrogen-bond donors (Lipinski definition) is 3. The predicted molar refractivity (Wildman–Crippen MR) is 95.7 cm³/mol. The number of nitrogens with zero attached hydrogens (tertiary/aromatic N) is 1. The smallest absolute Gasteiger partial charge is 0.404 e. The van der Waals surface area contributed by atoms with Gasteiger partial charge in [-0.1, -0.05) is 36.4 Å². The summed E-state index contributed by atoms with van der Waals surface area (Å²) >= 11 is 0. The highest BCUT2D eigenvalue weighted by Crippen LogP contribution is 2.26. The molecule has 1 heterocycles. The van der Waals surface area contributed by atoms with E-state index in [0.29, 0.717) is 13.0 Å². The lowest BCUT2D eigenvalue weighted by molar-refractivity contribution is 0.194. The van der Waals surface area contributed by atoms with Crippen LogP contribution in [-0.4, -0.2) is 34.8 Å². The number of H-pyrrole nitrogens is 1. The van der Waals surface area contributed by atoms with Crippen LogP contribution in [0.5, 0.6) is 5.75 Å². The van der Waals surface area contributed by atoms with Crippen molar-refractivity contribution in [2.24, 2.45) is 0 Å².